The molecule has 4 rings (SSSR count). The van der Waals surface area contributed by atoms with Crippen LogP contribution in [-0.2, 0) is 0 Å². The predicted molar refractivity (Wildman–Crippen MR) is 120 cm³/mol. The maximum absolute atomic E-state index is 5.96. The highest BCUT2D eigenvalue weighted by Crippen LogP contribution is 2.36. The highest BCUT2D eigenvalue weighted by Gasteiger charge is 2.13. The van der Waals surface area contributed by atoms with Crippen LogP contribution >= 0.6 is 12.2 Å². The van der Waals surface area contributed by atoms with Crippen LogP contribution in [0.4, 0.5) is 11.4 Å². The van der Waals surface area contributed by atoms with Crippen molar-refractivity contribution in [1.29, 1.82) is 0 Å². The summed E-state index contributed by atoms with van der Waals surface area (Å²) in [5.41, 5.74) is 3.01. The fraction of sp³-hybridized carbons (Fsp3) is 0.136. The number of hydrogen-bond donors (Lipinski definition) is 2. The lowest BCUT2D eigenvalue weighted by atomic mass is 10.1. The number of methoxy groups -OCH3 is 3. The Balaban J connectivity index is 1.63. The van der Waals surface area contributed by atoms with E-state index in [0.717, 1.165) is 27.6 Å². The summed E-state index contributed by atoms with van der Waals surface area (Å²) in [6, 6.07) is 17.2. The van der Waals surface area contributed by atoms with Gasteiger partial charge < -0.3 is 29.3 Å². The van der Waals surface area contributed by atoms with E-state index in [0.29, 0.717) is 28.0 Å². The molecule has 29 heavy (non-hydrogen) atoms. The molecule has 0 amide bonds. The molecule has 0 aliphatic heterocycles. The number of benzene rings is 3. The van der Waals surface area contributed by atoms with Crippen molar-refractivity contribution in [2.75, 3.05) is 32.0 Å². The van der Waals surface area contributed by atoms with E-state index in [2.05, 4.69) is 10.6 Å². The third-order valence-corrected chi connectivity index (χ3v) is 4.76. The van der Waals surface area contributed by atoms with E-state index in [1.807, 2.05) is 48.5 Å². The van der Waals surface area contributed by atoms with Gasteiger partial charge in [-0.25, -0.2) is 0 Å². The van der Waals surface area contributed by atoms with Gasteiger partial charge in [-0.15, -0.1) is 0 Å². The zero-order valence-electron chi connectivity index (χ0n) is 16.2. The molecule has 0 fully saturated rings. The Labute approximate surface area is 173 Å². The Morgan fingerprint density at radius 2 is 1.52 bits per heavy atom. The van der Waals surface area contributed by atoms with Crippen LogP contribution < -0.4 is 24.8 Å². The number of anilines is 2. The fourth-order valence-electron chi connectivity index (χ4n) is 3.18. The minimum atomic E-state index is 0.397. The van der Waals surface area contributed by atoms with E-state index in [-0.39, 0.29) is 0 Å². The van der Waals surface area contributed by atoms with E-state index in [4.69, 9.17) is 30.8 Å². The zero-order valence-corrected chi connectivity index (χ0v) is 17.1. The molecule has 148 valence electrons. The standard InChI is InChI=1S/C22H20N2O4S/c1-25-14-8-13(9-15(10-14)26-2)23-22(29)24-18-12-20-17(11-21(18)27-3)16-6-4-5-7-19(16)28-20/h4-12H,1-3H3,(H2,23,24,29). The number of para-hydroxylation sites is 1. The monoisotopic (exact) mass is 408 g/mol. The Morgan fingerprint density at radius 1 is 0.793 bits per heavy atom. The van der Waals surface area contributed by atoms with Crippen molar-refractivity contribution in [2.24, 2.45) is 0 Å². The second kappa shape index (κ2) is 7.89. The number of hydrogen-bond acceptors (Lipinski definition) is 5. The van der Waals surface area contributed by atoms with Gasteiger partial charge in [0, 0.05) is 40.7 Å². The Morgan fingerprint density at radius 3 is 2.21 bits per heavy atom. The molecule has 2 N–H and O–H groups in total. The van der Waals surface area contributed by atoms with Crippen LogP contribution in [0.5, 0.6) is 17.2 Å². The topological polar surface area (TPSA) is 64.9 Å². The summed E-state index contributed by atoms with van der Waals surface area (Å²) in [7, 11) is 4.82. The largest absolute Gasteiger partial charge is 0.497 e. The summed E-state index contributed by atoms with van der Waals surface area (Å²) in [6.07, 6.45) is 0. The molecule has 0 saturated carbocycles. The van der Waals surface area contributed by atoms with Crippen molar-refractivity contribution in [3.05, 3.63) is 54.6 Å². The molecule has 0 spiro atoms. The smallest absolute Gasteiger partial charge is 0.175 e. The van der Waals surface area contributed by atoms with E-state index in [1.54, 1.807) is 27.4 Å². The molecule has 0 aliphatic rings. The summed E-state index contributed by atoms with van der Waals surface area (Å²) in [5, 5.41) is 8.74. The molecule has 0 unspecified atom stereocenters. The van der Waals surface area contributed by atoms with Crippen molar-refractivity contribution < 1.29 is 18.6 Å². The zero-order chi connectivity index (χ0) is 20.4. The summed E-state index contributed by atoms with van der Waals surface area (Å²) in [4.78, 5) is 0. The fourth-order valence-corrected chi connectivity index (χ4v) is 3.41. The molecule has 0 radical (unpaired) electrons. The van der Waals surface area contributed by atoms with Gasteiger partial charge in [-0.3, -0.25) is 0 Å². The second-order valence-corrected chi connectivity index (χ2v) is 6.74. The molecular weight excluding hydrogens is 388 g/mol. The highest BCUT2D eigenvalue weighted by molar-refractivity contribution is 7.80. The Hall–Kier alpha value is -3.45. The lowest BCUT2D eigenvalue weighted by Crippen LogP contribution is -2.19. The summed E-state index contributed by atoms with van der Waals surface area (Å²) in [5.74, 6) is 1.99. The predicted octanol–water partition coefficient (Wildman–Crippen LogP) is 5.42. The number of furan rings is 1. The van der Waals surface area contributed by atoms with Crippen LogP contribution in [0.15, 0.2) is 59.0 Å². The molecule has 0 atom stereocenters. The molecule has 0 saturated heterocycles. The van der Waals surface area contributed by atoms with Crippen molar-refractivity contribution in [3.8, 4) is 17.2 Å². The molecule has 1 aromatic heterocycles. The third kappa shape index (κ3) is 3.77. The lowest BCUT2D eigenvalue weighted by Gasteiger charge is -2.15. The first-order chi connectivity index (χ1) is 14.1. The first-order valence-corrected chi connectivity index (χ1v) is 9.32. The highest BCUT2D eigenvalue weighted by atomic mass is 32.1. The molecule has 3 aromatic carbocycles. The van der Waals surface area contributed by atoms with Crippen LogP contribution in [0.2, 0.25) is 0 Å². The van der Waals surface area contributed by atoms with Crippen LogP contribution in [0.1, 0.15) is 0 Å². The minimum Gasteiger partial charge on any atom is -0.497 e. The Kier molecular flexibility index (Phi) is 5.14. The third-order valence-electron chi connectivity index (χ3n) is 4.56. The molecule has 0 aliphatic carbocycles. The minimum absolute atomic E-state index is 0.397. The van der Waals surface area contributed by atoms with Crippen molar-refractivity contribution in [2.45, 2.75) is 0 Å². The normalized spacial score (nSPS) is 10.7. The van der Waals surface area contributed by atoms with Gasteiger partial charge in [0.25, 0.3) is 0 Å². The quantitative estimate of drug-likeness (QED) is 0.427. The Bertz CT molecular complexity index is 1180. The van der Waals surface area contributed by atoms with Crippen LogP contribution in [-0.4, -0.2) is 26.4 Å². The maximum Gasteiger partial charge on any atom is 0.175 e. The van der Waals surface area contributed by atoms with E-state index in [1.165, 1.54) is 0 Å². The first-order valence-electron chi connectivity index (χ1n) is 8.91. The number of rotatable bonds is 5. The van der Waals surface area contributed by atoms with Gasteiger partial charge in [0.05, 0.1) is 27.0 Å². The van der Waals surface area contributed by atoms with Gasteiger partial charge >= 0.3 is 0 Å². The van der Waals surface area contributed by atoms with Crippen LogP contribution in [0, 0.1) is 0 Å². The number of thiocarbonyl (C=S) groups is 1. The molecule has 6 nitrogen and oxygen atoms in total. The van der Waals surface area contributed by atoms with Gasteiger partial charge in [-0.2, -0.15) is 0 Å². The number of nitrogens with one attached hydrogen (secondary N) is 2. The summed E-state index contributed by atoms with van der Waals surface area (Å²) in [6.45, 7) is 0. The SMILES string of the molecule is COc1cc(NC(=S)Nc2cc3oc4ccccc4c3cc2OC)cc(OC)c1. The van der Waals surface area contributed by atoms with Gasteiger partial charge in [0.2, 0.25) is 0 Å². The van der Waals surface area contributed by atoms with E-state index in [9.17, 15) is 0 Å². The summed E-state index contributed by atoms with van der Waals surface area (Å²) >= 11 is 5.48. The van der Waals surface area contributed by atoms with Crippen molar-refractivity contribution in [1.82, 2.24) is 0 Å². The van der Waals surface area contributed by atoms with E-state index < -0.39 is 0 Å². The molecule has 0 bridgehead atoms. The maximum atomic E-state index is 5.96. The number of fused-ring (bicyclic) bond motifs is 3. The van der Waals surface area contributed by atoms with Gasteiger partial charge in [0.1, 0.15) is 28.4 Å². The molecule has 7 heteroatoms. The average Bonchev–Trinajstić information content (AvgIpc) is 3.09. The van der Waals surface area contributed by atoms with Gasteiger partial charge in [-0.05, 0) is 24.4 Å². The first kappa shape index (κ1) is 18.9. The summed E-state index contributed by atoms with van der Waals surface area (Å²) < 4.78 is 22.1. The van der Waals surface area contributed by atoms with Gasteiger partial charge in [0.15, 0.2) is 5.11 Å². The van der Waals surface area contributed by atoms with Crippen molar-refractivity contribution in [3.63, 3.8) is 0 Å². The second-order valence-electron chi connectivity index (χ2n) is 6.33. The van der Waals surface area contributed by atoms with Crippen LogP contribution in [0.3, 0.4) is 0 Å². The molecule has 4 aromatic rings. The molecule has 1 heterocycles. The number of ether oxygens (including phenoxy) is 3. The van der Waals surface area contributed by atoms with E-state index >= 15 is 0 Å². The van der Waals surface area contributed by atoms with Crippen LogP contribution in [0.25, 0.3) is 21.9 Å². The lowest BCUT2D eigenvalue weighted by molar-refractivity contribution is 0.395. The molecular formula is C22H20N2O4S. The average molecular weight is 408 g/mol. The van der Waals surface area contributed by atoms with Gasteiger partial charge in [-0.1, -0.05) is 18.2 Å². The van der Waals surface area contributed by atoms with Crippen molar-refractivity contribution >= 4 is 50.6 Å².